The molecule has 0 bridgehead atoms. The highest BCUT2D eigenvalue weighted by atomic mass is 32.2. The van der Waals surface area contributed by atoms with Gasteiger partial charge in [-0.2, -0.15) is 0 Å². The molecule has 0 aliphatic carbocycles. The lowest BCUT2D eigenvalue weighted by Crippen LogP contribution is -2.28. The van der Waals surface area contributed by atoms with Crippen LogP contribution in [-0.2, 0) is 10.8 Å². The SMILES string of the molecule is CCNC1CCS(=O)c2cc3c(cc21)OCCO3. The van der Waals surface area contributed by atoms with Crippen molar-refractivity contribution in [3.05, 3.63) is 17.7 Å². The highest BCUT2D eigenvalue weighted by Gasteiger charge is 2.27. The Morgan fingerprint density at radius 3 is 2.78 bits per heavy atom. The van der Waals surface area contributed by atoms with Crippen LogP contribution in [0.5, 0.6) is 11.5 Å². The Balaban J connectivity index is 2.05. The van der Waals surface area contributed by atoms with Gasteiger partial charge in [-0.05, 0) is 24.6 Å². The normalized spacial score (nSPS) is 25.6. The van der Waals surface area contributed by atoms with Crippen LogP contribution in [-0.4, -0.2) is 29.7 Å². The lowest BCUT2D eigenvalue weighted by atomic mass is 10.0. The molecule has 1 aromatic rings. The first-order valence-electron chi connectivity index (χ1n) is 6.35. The summed E-state index contributed by atoms with van der Waals surface area (Å²) in [6, 6.07) is 4.16. The van der Waals surface area contributed by atoms with Gasteiger partial charge in [0.15, 0.2) is 11.5 Å². The zero-order chi connectivity index (χ0) is 12.5. The fourth-order valence-corrected chi connectivity index (χ4v) is 3.88. The number of ether oxygens (including phenoxy) is 2. The van der Waals surface area contributed by atoms with E-state index in [0.29, 0.717) is 19.0 Å². The van der Waals surface area contributed by atoms with Crippen molar-refractivity contribution >= 4 is 10.8 Å². The largest absolute Gasteiger partial charge is 0.486 e. The molecule has 0 radical (unpaired) electrons. The van der Waals surface area contributed by atoms with Crippen LogP contribution in [0.25, 0.3) is 0 Å². The third-order valence-electron chi connectivity index (χ3n) is 3.34. The van der Waals surface area contributed by atoms with Crippen LogP contribution in [0.4, 0.5) is 0 Å². The Bertz CT molecular complexity index is 489. The minimum Gasteiger partial charge on any atom is -0.486 e. The molecule has 18 heavy (non-hydrogen) atoms. The molecule has 1 aromatic carbocycles. The zero-order valence-electron chi connectivity index (χ0n) is 10.4. The topological polar surface area (TPSA) is 47.6 Å². The van der Waals surface area contributed by atoms with Crippen molar-refractivity contribution < 1.29 is 13.7 Å². The van der Waals surface area contributed by atoms with Gasteiger partial charge in [0, 0.05) is 22.8 Å². The third-order valence-corrected chi connectivity index (χ3v) is 4.79. The summed E-state index contributed by atoms with van der Waals surface area (Å²) in [6.45, 7) is 4.14. The zero-order valence-corrected chi connectivity index (χ0v) is 11.2. The van der Waals surface area contributed by atoms with Gasteiger partial charge < -0.3 is 14.8 Å². The molecular weight excluding hydrogens is 250 g/mol. The van der Waals surface area contributed by atoms with E-state index in [2.05, 4.69) is 12.2 Å². The monoisotopic (exact) mass is 267 g/mol. The first kappa shape index (κ1) is 12.0. The predicted octanol–water partition coefficient (Wildman–Crippen LogP) is 1.62. The van der Waals surface area contributed by atoms with Crippen LogP contribution >= 0.6 is 0 Å². The molecule has 5 heteroatoms. The van der Waals surface area contributed by atoms with E-state index in [4.69, 9.17) is 9.47 Å². The van der Waals surface area contributed by atoms with Crippen molar-refractivity contribution in [2.24, 2.45) is 0 Å². The van der Waals surface area contributed by atoms with Gasteiger partial charge in [0.1, 0.15) is 13.2 Å². The van der Waals surface area contributed by atoms with E-state index in [1.807, 2.05) is 12.1 Å². The van der Waals surface area contributed by atoms with Crippen LogP contribution in [0.1, 0.15) is 24.9 Å². The van der Waals surface area contributed by atoms with Gasteiger partial charge in [-0.15, -0.1) is 0 Å². The maximum absolute atomic E-state index is 12.1. The average molecular weight is 267 g/mol. The second-order valence-corrected chi connectivity index (χ2v) is 6.02. The molecule has 2 heterocycles. The van der Waals surface area contributed by atoms with Crippen LogP contribution in [0.2, 0.25) is 0 Å². The van der Waals surface area contributed by atoms with Gasteiger partial charge in [0.05, 0.1) is 10.8 Å². The lowest BCUT2D eigenvalue weighted by molar-refractivity contribution is 0.170. The molecule has 2 atom stereocenters. The summed E-state index contributed by atoms with van der Waals surface area (Å²) in [4.78, 5) is 0.899. The van der Waals surface area contributed by atoms with Gasteiger partial charge in [-0.1, -0.05) is 6.92 Å². The quantitative estimate of drug-likeness (QED) is 0.884. The van der Waals surface area contributed by atoms with Gasteiger partial charge >= 0.3 is 0 Å². The number of nitrogens with one attached hydrogen (secondary N) is 1. The van der Waals surface area contributed by atoms with Crippen molar-refractivity contribution in [3.63, 3.8) is 0 Å². The summed E-state index contributed by atoms with van der Waals surface area (Å²) in [5, 5.41) is 3.44. The molecule has 1 N–H and O–H groups in total. The number of benzene rings is 1. The number of hydrogen-bond acceptors (Lipinski definition) is 4. The lowest BCUT2D eigenvalue weighted by Gasteiger charge is -2.28. The van der Waals surface area contributed by atoms with Gasteiger partial charge in [-0.25, -0.2) is 0 Å². The Morgan fingerprint density at radius 1 is 1.33 bits per heavy atom. The molecule has 2 aliphatic rings. The van der Waals surface area contributed by atoms with E-state index in [9.17, 15) is 4.21 Å². The summed E-state index contributed by atoms with van der Waals surface area (Å²) in [5.41, 5.74) is 1.10. The molecule has 4 nitrogen and oxygen atoms in total. The maximum atomic E-state index is 12.1. The Hall–Kier alpha value is -1.07. The summed E-state index contributed by atoms with van der Waals surface area (Å²) < 4.78 is 23.3. The van der Waals surface area contributed by atoms with E-state index in [1.165, 1.54) is 0 Å². The van der Waals surface area contributed by atoms with Crippen LogP contribution in [0, 0.1) is 0 Å². The van der Waals surface area contributed by atoms with E-state index >= 15 is 0 Å². The highest BCUT2D eigenvalue weighted by molar-refractivity contribution is 7.85. The highest BCUT2D eigenvalue weighted by Crippen LogP contribution is 2.39. The molecule has 2 aliphatic heterocycles. The first-order chi connectivity index (χ1) is 8.79. The summed E-state index contributed by atoms with van der Waals surface area (Å²) in [6.07, 6.45) is 0.910. The van der Waals surface area contributed by atoms with Crippen molar-refractivity contribution in [3.8, 4) is 11.5 Å². The smallest absolute Gasteiger partial charge is 0.162 e. The minimum atomic E-state index is -0.913. The van der Waals surface area contributed by atoms with E-state index in [1.54, 1.807) is 0 Å². The van der Waals surface area contributed by atoms with Crippen molar-refractivity contribution in [2.75, 3.05) is 25.5 Å². The molecule has 2 unspecified atom stereocenters. The predicted molar refractivity (Wildman–Crippen MR) is 69.7 cm³/mol. The third kappa shape index (κ3) is 2.01. The van der Waals surface area contributed by atoms with Gasteiger partial charge in [0.25, 0.3) is 0 Å². The molecule has 0 saturated carbocycles. The first-order valence-corrected chi connectivity index (χ1v) is 7.66. The standard InChI is InChI=1S/C13H17NO3S/c1-2-14-10-3-6-18(15)13-8-12-11(7-9(10)13)16-4-5-17-12/h7-8,10,14H,2-6H2,1H3. The van der Waals surface area contributed by atoms with Crippen molar-refractivity contribution in [1.82, 2.24) is 5.32 Å². The molecule has 3 rings (SSSR count). The average Bonchev–Trinajstić information content (AvgIpc) is 2.41. The summed E-state index contributed by atoms with van der Waals surface area (Å²) >= 11 is 0. The number of fused-ring (bicyclic) bond motifs is 2. The number of hydrogen-bond donors (Lipinski definition) is 1. The van der Waals surface area contributed by atoms with E-state index in [-0.39, 0.29) is 6.04 Å². The molecule has 0 aromatic heterocycles. The second-order valence-electron chi connectivity index (χ2n) is 4.48. The minimum absolute atomic E-state index is 0.276. The molecule has 0 saturated heterocycles. The molecule has 0 spiro atoms. The van der Waals surface area contributed by atoms with Crippen molar-refractivity contribution in [1.29, 1.82) is 0 Å². The van der Waals surface area contributed by atoms with E-state index < -0.39 is 10.8 Å². The Labute approximate surface area is 109 Å². The van der Waals surface area contributed by atoms with Crippen LogP contribution in [0.3, 0.4) is 0 Å². The maximum Gasteiger partial charge on any atom is 0.162 e. The molecule has 0 fully saturated rings. The summed E-state index contributed by atoms with van der Waals surface area (Å²) in [5.74, 6) is 2.22. The van der Waals surface area contributed by atoms with Crippen molar-refractivity contribution in [2.45, 2.75) is 24.3 Å². The Kier molecular flexibility index (Phi) is 3.26. The second kappa shape index (κ2) is 4.90. The van der Waals surface area contributed by atoms with Gasteiger partial charge in [0.2, 0.25) is 0 Å². The van der Waals surface area contributed by atoms with Gasteiger partial charge in [-0.3, -0.25) is 4.21 Å². The molecular formula is C13H17NO3S. The van der Waals surface area contributed by atoms with Crippen LogP contribution in [0.15, 0.2) is 17.0 Å². The molecule has 0 amide bonds. The Morgan fingerprint density at radius 2 is 2.06 bits per heavy atom. The summed E-state index contributed by atoms with van der Waals surface area (Å²) in [7, 11) is -0.913. The van der Waals surface area contributed by atoms with E-state index in [0.717, 1.165) is 34.9 Å². The fourth-order valence-electron chi connectivity index (χ4n) is 2.50. The fraction of sp³-hybridized carbons (Fsp3) is 0.538. The molecule has 98 valence electrons. The number of rotatable bonds is 2. The van der Waals surface area contributed by atoms with Crippen LogP contribution < -0.4 is 14.8 Å².